The molecule has 0 unspecified atom stereocenters. The predicted molar refractivity (Wildman–Crippen MR) is 158 cm³/mol. The molecule has 14 heteroatoms. The molecule has 2 aromatic carbocycles. The van der Waals surface area contributed by atoms with Crippen molar-refractivity contribution < 1.29 is 49.5 Å². The number of hydrogen-bond acceptors (Lipinski definition) is 9. The van der Waals surface area contributed by atoms with E-state index < -0.39 is 76.0 Å². The van der Waals surface area contributed by atoms with E-state index in [2.05, 4.69) is 10.6 Å². The van der Waals surface area contributed by atoms with Gasteiger partial charge in [0.2, 0.25) is 5.78 Å². The van der Waals surface area contributed by atoms with Crippen molar-refractivity contribution in [3.05, 3.63) is 63.7 Å². The lowest BCUT2D eigenvalue weighted by molar-refractivity contribution is -0.147. The lowest BCUT2D eigenvalue weighted by Crippen LogP contribution is -2.58. The summed E-state index contributed by atoms with van der Waals surface area (Å²) in [5, 5.41) is 50.0. The molecule has 1 fully saturated rings. The van der Waals surface area contributed by atoms with E-state index in [4.69, 9.17) is 5.73 Å². The fourth-order valence-corrected chi connectivity index (χ4v) is 6.37. The molecule has 0 bridgehead atoms. The summed E-state index contributed by atoms with van der Waals surface area (Å²) in [6, 6.07) is 4.79. The van der Waals surface area contributed by atoms with Gasteiger partial charge >= 0.3 is 6.03 Å². The molecule has 0 aromatic heterocycles. The van der Waals surface area contributed by atoms with Gasteiger partial charge in [0.15, 0.2) is 17.1 Å². The van der Waals surface area contributed by atoms with E-state index in [1.54, 1.807) is 25.9 Å². The normalized spacial score (nSPS) is 22.4. The van der Waals surface area contributed by atoms with Crippen LogP contribution in [-0.2, 0) is 27.2 Å². The summed E-state index contributed by atoms with van der Waals surface area (Å²) in [4.78, 5) is 52.7. The highest BCUT2D eigenvalue weighted by atomic mass is 19.1. The number of amides is 3. The molecule has 3 amide bonds. The molecule has 3 aliphatic rings. The van der Waals surface area contributed by atoms with Crippen LogP contribution in [0, 0.1) is 17.7 Å². The number of aliphatic hydroxyl groups is 3. The fourth-order valence-electron chi connectivity index (χ4n) is 6.37. The molecule has 5 rings (SSSR count). The van der Waals surface area contributed by atoms with Crippen LogP contribution in [0.15, 0.2) is 41.2 Å². The highest BCUT2D eigenvalue weighted by Crippen LogP contribution is 2.54. The van der Waals surface area contributed by atoms with E-state index in [1.165, 1.54) is 24.3 Å². The van der Waals surface area contributed by atoms with Gasteiger partial charge in [-0.1, -0.05) is 6.92 Å². The van der Waals surface area contributed by atoms with E-state index in [-0.39, 0.29) is 35.1 Å². The number of carbonyl (C=O) groups is 4. The highest BCUT2D eigenvalue weighted by Gasteiger charge is 2.60. The van der Waals surface area contributed by atoms with Gasteiger partial charge in [0.25, 0.3) is 5.91 Å². The first-order chi connectivity index (χ1) is 20.2. The molecule has 10 N–H and O–H groups in total. The van der Waals surface area contributed by atoms with Crippen molar-refractivity contribution in [2.75, 3.05) is 29.6 Å². The van der Waals surface area contributed by atoms with Crippen molar-refractivity contribution in [3.63, 3.8) is 0 Å². The van der Waals surface area contributed by atoms with Gasteiger partial charge in [-0.25, -0.2) is 9.18 Å². The number of nitrogens with zero attached hydrogens (tertiary/aromatic N) is 1. The molecule has 0 spiro atoms. The number of benzene rings is 2. The Balaban J connectivity index is 0.00000442. The average molecular weight is 613 g/mol. The van der Waals surface area contributed by atoms with E-state index in [9.17, 15) is 44.0 Å². The van der Waals surface area contributed by atoms with Gasteiger partial charge in [-0.05, 0) is 60.6 Å². The van der Waals surface area contributed by atoms with E-state index in [0.717, 1.165) is 0 Å². The number of phenolic OH excluding ortho intramolecular Hbond substituents is 1. The number of nitrogens with two attached hydrogens (primary N) is 1. The molecule has 3 aliphatic carbocycles. The molecule has 0 aliphatic heterocycles. The van der Waals surface area contributed by atoms with Crippen molar-refractivity contribution >= 4 is 46.3 Å². The Morgan fingerprint density at radius 1 is 1.11 bits per heavy atom. The maximum Gasteiger partial charge on any atom is 0.323 e. The first-order valence-electron chi connectivity index (χ1n) is 13.6. The number of primary amides is 1. The lowest BCUT2D eigenvalue weighted by Gasteiger charge is -2.46. The van der Waals surface area contributed by atoms with Crippen molar-refractivity contribution in [1.29, 1.82) is 0 Å². The molecule has 13 nitrogen and oxygen atoms in total. The molecule has 234 valence electrons. The zero-order valence-corrected chi connectivity index (χ0v) is 24.1. The Kier molecular flexibility index (Phi) is 8.20. The minimum atomic E-state index is -2.68. The summed E-state index contributed by atoms with van der Waals surface area (Å²) in [6.07, 6.45) is 0.0885. The van der Waals surface area contributed by atoms with E-state index in [0.29, 0.717) is 28.9 Å². The number of anilines is 3. The van der Waals surface area contributed by atoms with E-state index in [1.807, 2.05) is 0 Å². The van der Waals surface area contributed by atoms with Gasteiger partial charge in [-0.3, -0.25) is 14.4 Å². The van der Waals surface area contributed by atoms with Crippen LogP contribution in [0.25, 0.3) is 5.76 Å². The van der Waals surface area contributed by atoms with Gasteiger partial charge in [0, 0.05) is 43.4 Å². The number of carbonyl (C=O) groups excluding carboxylic acids is 4. The number of aliphatic hydroxyl groups excluding tert-OH is 2. The van der Waals surface area contributed by atoms with Gasteiger partial charge < -0.3 is 47.2 Å². The monoisotopic (exact) mass is 612 g/mol. The summed E-state index contributed by atoms with van der Waals surface area (Å²) < 4.78 is 13.9. The van der Waals surface area contributed by atoms with Gasteiger partial charge in [0.1, 0.15) is 22.9 Å². The Morgan fingerprint density at radius 2 is 1.80 bits per heavy atom. The Labute approximate surface area is 250 Å². The molecule has 2 aromatic rings. The van der Waals surface area contributed by atoms with E-state index >= 15 is 0 Å². The SMILES string of the molecule is CCc1cc(NC(=O)Nc2cc(N(C)C)c3c(c2O)C(O)=C2C(=O)[C@]4(O)C(O)=C(C(N)=O)C(=O)C[C@@H]4C[C@@H]2C3)ccc1F.O. The van der Waals surface area contributed by atoms with Crippen molar-refractivity contribution in [2.24, 2.45) is 17.6 Å². The molecule has 44 heavy (non-hydrogen) atoms. The number of ketones is 2. The summed E-state index contributed by atoms with van der Waals surface area (Å²) in [6.45, 7) is 1.76. The topological polar surface area (TPSA) is 234 Å². The highest BCUT2D eigenvalue weighted by molar-refractivity contribution is 6.22. The number of fused-ring (bicyclic) bond motifs is 3. The van der Waals surface area contributed by atoms with Crippen LogP contribution in [0.1, 0.15) is 36.5 Å². The second-order valence-corrected chi connectivity index (χ2v) is 11.2. The fraction of sp³-hybridized carbons (Fsp3) is 0.333. The number of phenols is 1. The number of nitrogens with one attached hydrogen (secondary N) is 2. The second kappa shape index (κ2) is 11.3. The predicted octanol–water partition coefficient (Wildman–Crippen LogP) is 2.01. The van der Waals surface area contributed by atoms with Crippen LogP contribution in [0.4, 0.5) is 26.2 Å². The first-order valence-corrected chi connectivity index (χ1v) is 13.6. The summed E-state index contributed by atoms with van der Waals surface area (Å²) in [5.74, 6) is -7.82. The zero-order valence-electron chi connectivity index (χ0n) is 24.1. The number of aromatic hydroxyl groups is 1. The minimum Gasteiger partial charge on any atom is -0.508 e. The standard InChI is InChI=1S/C30H31FN4O8.H2O/c1-4-12-8-15(5-6-17(12)31)33-29(42)34-18-11-19(35(2)3)16-9-13-7-14-10-20(36)23(28(32)41)27(40)30(14,43)26(39)21(13)25(38)22(16)24(18)37;/h5-6,8,11,13-14,37-38,40,43H,4,7,9-10H2,1-3H3,(H2,32,41)(H2,33,34,42);1H2/t13-,14+,30+;/m1./s1. The number of Topliss-reactive ketones (excluding diaryl/α,β-unsaturated/α-hetero) is 2. The number of hydrogen-bond donors (Lipinski definition) is 7. The van der Waals surface area contributed by atoms with Gasteiger partial charge in [-0.2, -0.15) is 0 Å². The smallest absolute Gasteiger partial charge is 0.323 e. The maximum atomic E-state index is 13.9. The Morgan fingerprint density at radius 3 is 2.41 bits per heavy atom. The molecule has 1 saturated carbocycles. The third-order valence-electron chi connectivity index (χ3n) is 8.45. The second-order valence-electron chi connectivity index (χ2n) is 11.2. The van der Waals surface area contributed by atoms with Crippen LogP contribution in [0.3, 0.4) is 0 Å². The lowest BCUT2D eigenvalue weighted by atomic mass is 9.59. The number of rotatable bonds is 5. The third-order valence-corrected chi connectivity index (χ3v) is 8.45. The number of halogens is 1. The molecule has 0 radical (unpaired) electrons. The summed E-state index contributed by atoms with van der Waals surface area (Å²) >= 11 is 0. The van der Waals surface area contributed by atoms with Crippen LogP contribution < -0.4 is 21.3 Å². The molecule has 0 saturated heterocycles. The Bertz CT molecular complexity index is 1680. The first kappa shape index (κ1) is 32.0. The van der Waals surface area contributed by atoms with Gasteiger partial charge in [-0.15, -0.1) is 0 Å². The van der Waals surface area contributed by atoms with Crippen molar-refractivity contribution in [1.82, 2.24) is 0 Å². The summed E-state index contributed by atoms with van der Waals surface area (Å²) in [7, 11) is 3.41. The van der Waals surface area contributed by atoms with Crippen LogP contribution >= 0.6 is 0 Å². The quantitative estimate of drug-likeness (QED) is 0.193. The molecule has 0 heterocycles. The Hall–Kier alpha value is -4.95. The minimum absolute atomic E-state index is 0. The van der Waals surface area contributed by atoms with Crippen LogP contribution in [0.2, 0.25) is 0 Å². The molecular formula is C30H33FN4O9. The number of aryl methyl sites for hydroxylation is 1. The largest absolute Gasteiger partial charge is 0.508 e. The molecule has 3 atom stereocenters. The number of urea groups is 1. The maximum absolute atomic E-state index is 13.9. The zero-order chi connectivity index (χ0) is 31.5. The van der Waals surface area contributed by atoms with Crippen molar-refractivity contribution in [2.45, 2.75) is 38.2 Å². The average Bonchev–Trinajstić information content (AvgIpc) is 2.92. The third kappa shape index (κ3) is 4.81. The summed E-state index contributed by atoms with van der Waals surface area (Å²) in [5.41, 5.74) is 2.74. The van der Waals surface area contributed by atoms with Crippen molar-refractivity contribution in [3.8, 4) is 5.75 Å². The van der Waals surface area contributed by atoms with Crippen LogP contribution in [-0.4, -0.2) is 69.1 Å². The van der Waals surface area contributed by atoms with Crippen LogP contribution in [0.5, 0.6) is 5.75 Å². The van der Waals surface area contributed by atoms with Gasteiger partial charge in [0.05, 0.1) is 11.3 Å². The molecular weight excluding hydrogens is 579 g/mol.